The molecule has 0 bridgehead atoms. The molecular weight excluding hydrogens is 593 g/mol. The largest absolute Gasteiger partial charge is 0.312 e. The average Bonchev–Trinajstić information content (AvgIpc) is 3.49. The van der Waals surface area contributed by atoms with Gasteiger partial charge in [-0.3, -0.25) is 4.99 Å². The highest BCUT2D eigenvalue weighted by atomic mass is 15.2. The lowest BCUT2D eigenvalue weighted by Gasteiger charge is -2.27. The van der Waals surface area contributed by atoms with Crippen molar-refractivity contribution in [1.29, 1.82) is 0 Å². The van der Waals surface area contributed by atoms with Crippen LogP contribution in [-0.4, -0.2) is 6.21 Å². The Kier molecular flexibility index (Phi) is 6.95. The van der Waals surface area contributed by atoms with Gasteiger partial charge in [-0.1, -0.05) is 140 Å². The van der Waals surface area contributed by atoms with Gasteiger partial charge >= 0.3 is 0 Å². The predicted octanol–water partition coefficient (Wildman–Crippen LogP) is 13.2. The Hall–Kier alpha value is -6.25. The number of anilines is 2. The second-order valence-electron chi connectivity index (χ2n) is 12.7. The number of benzene rings is 8. The maximum absolute atomic E-state index is 4.56. The number of rotatable bonds is 6. The van der Waals surface area contributed by atoms with E-state index in [1.807, 2.05) is 19.3 Å². The molecule has 0 saturated heterocycles. The van der Waals surface area contributed by atoms with Gasteiger partial charge in [0.1, 0.15) is 0 Å². The Bertz CT molecular complexity index is 2520. The van der Waals surface area contributed by atoms with Crippen molar-refractivity contribution in [3.63, 3.8) is 0 Å². The standard InChI is InChI=1S/C47H34N2/c1-3-48-30-31(2)49(36-26-25-32-15-10-11-20-35(32)29-36)42-28-27-41-45-39(42)23-14-24-40(45)46-43(33-16-6-4-7-17-33)37-21-12-13-22-38(37)44(47(41)46)34-18-8-5-9-19-34/h3-30H,1-2H3/b31-30+,48-3?. The van der Waals surface area contributed by atoms with Crippen LogP contribution in [0.25, 0.3) is 76.8 Å². The van der Waals surface area contributed by atoms with E-state index in [2.05, 4.69) is 175 Å². The van der Waals surface area contributed by atoms with E-state index >= 15 is 0 Å². The third-order valence-electron chi connectivity index (χ3n) is 9.89. The van der Waals surface area contributed by atoms with E-state index in [1.54, 1.807) is 0 Å². The lowest BCUT2D eigenvalue weighted by molar-refractivity contribution is 1.15. The molecule has 49 heavy (non-hydrogen) atoms. The van der Waals surface area contributed by atoms with Gasteiger partial charge in [0, 0.05) is 29.2 Å². The molecule has 8 aromatic carbocycles. The molecule has 0 aromatic heterocycles. The smallest absolute Gasteiger partial charge is 0.0537 e. The van der Waals surface area contributed by atoms with Crippen molar-refractivity contribution in [2.24, 2.45) is 4.99 Å². The molecule has 0 fully saturated rings. The molecule has 1 aliphatic rings. The molecule has 0 saturated carbocycles. The Morgan fingerprint density at radius 3 is 1.73 bits per heavy atom. The molecule has 2 heteroatoms. The molecule has 0 atom stereocenters. The van der Waals surface area contributed by atoms with Crippen LogP contribution in [0.2, 0.25) is 0 Å². The fourth-order valence-electron chi connectivity index (χ4n) is 7.88. The zero-order valence-corrected chi connectivity index (χ0v) is 27.6. The SMILES string of the molecule is CC=N/C=C(\C)N(c1ccc2ccccc2c1)c1ccc2c3c(cccc13)-c1c-2c(-c2ccccc2)c2ccccc2c1-c1ccccc1. The van der Waals surface area contributed by atoms with E-state index in [1.165, 1.54) is 76.8 Å². The summed E-state index contributed by atoms with van der Waals surface area (Å²) in [4.78, 5) is 6.92. The highest BCUT2D eigenvalue weighted by Crippen LogP contribution is 2.58. The van der Waals surface area contributed by atoms with Crippen LogP contribution in [0.1, 0.15) is 13.8 Å². The van der Waals surface area contributed by atoms with Gasteiger partial charge in [0.05, 0.1) is 5.69 Å². The van der Waals surface area contributed by atoms with Crippen LogP contribution in [0, 0.1) is 0 Å². The summed E-state index contributed by atoms with van der Waals surface area (Å²) < 4.78 is 0. The third kappa shape index (κ3) is 4.60. The number of fused-ring (bicyclic) bond motifs is 5. The Morgan fingerprint density at radius 1 is 0.510 bits per heavy atom. The van der Waals surface area contributed by atoms with Gasteiger partial charge in [-0.15, -0.1) is 0 Å². The fourth-order valence-corrected chi connectivity index (χ4v) is 7.88. The molecular formula is C47H34N2. The number of hydrogen-bond acceptors (Lipinski definition) is 2. The van der Waals surface area contributed by atoms with Crippen LogP contribution in [-0.2, 0) is 0 Å². The van der Waals surface area contributed by atoms with Crippen LogP contribution in [0.15, 0.2) is 175 Å². The van der Waals surface area contributed by atoms with E-state index in [9.17, 15) is 0 Å². The van der Waals surface area contributed by atoms with E-state index in [0.717, 1.165) is 17.1 Å². The molecule has 8 aromatic rings. The Labute approximate surface area is 286 Å². The molecule has 0 aliphatic heterocycles. The van der Waals surface area contributed by atoms with Gasteiger partial charge in [-0.05, 0) is 103 Å². The minimum absolute atomic E-state index is 1.05. The van der Waals surface area contributed by atoms with E-state index in [-0.39, 0.29) is 0 Å². The summed E-state index contributed by atoms with van der Waals surface area (Å²) in [6.45, 7) is 4.10. The predicted molar refractivity (Wildman–Crippen MR) is 211 cm³/mol. The van der Waals surface area contributed by atoms with E-state index in [4.69, 9.17) is 0 Å². The molecule has 0 radical (unpaired) electrons. The van der Waals surface area contributed by atoms with Crippen molar-refractivity contribution in [3.8, 4) is 44.5 Å². The summed E-state index contributed by atoms with van der Waals surface area (Å²) in [6, 6.07) is 57.5. The summed E-state index contributed by atoms with van der Waals surface area (Å²) in [5, 5.41) is 7.48. The topological polar surface area (TPSA) is 15.6 Å². The minimum atomic E-state index is 1.05. The molecule has 9 rings (SSSR count). The summed E-state index contributed by atoms with van der Waals surface area (Å²) in [5.41, 5.74) is 13.5. The molecule has 232 valence electrons. The first-order valence-electron chi connectivity index (χ1n) is 16.9. The highest BCUT2D eigenvalue weighted by molar-refractivity contribution is 6.28. The van der Waals surface area contributed by atoms with Crippen molar-refractivity contribution in [1.82, 2.24) is 0 Å². The lowest BCUT2D eigenvalue weighted by Crippen LogP contribution is -2.14. The first-order chi connectivity index (χ1) is 24.2. The first kappa shape index (κ1) is 28.9. The Morgan fingerprint density at radius 2 is 1.08 bits per heavy atom. The van der Waals surface area contributed by atoms with E-state index in [0.29, 0.717) is 0 Å². The lowest BCUT2D eigenvalue weighted by atomic mass is 9.82. The monoisotopic (exact) mass is 626 g/mol. The van der Waals surface area contributed by atoms with Crippen LogP contribution < -0.4 is 4.90 Å². The molecule has 0 N–H and O–H groups in total. The normalized spacial score (nSPS) is 12.3. The van der Waals surface area contributed by atoms with Gasteiger partial charge in [0.2, 0.25) is 0 Å². The second-order valence-corrected chi connectivity index (χ2v) is 12.7. The van der Waals surface area contributed by atoms with Crippen LogP contribution in [0.4, 0.5) is 11.4 Å². The Balaban J connectivity index is 1.39. The summed E-state index contributed by atoms with van der Waals surface area (Å²) in [5.74, 6) is 0. The second kappa shape index (κ2) is 11.8. The molecule has 2 nitrogen and oxygen atoms in total. The number of nitrogens with zero attached hydrogens (tertiary/aromatic N) is 2. The molecule has 0 spiro atoms. The van der Waals surface area contributed by atoms with Gasteiger partial charge in [0.25, 0.3) is 0 Å². The quantitative estimate of drug-likeness (QED) is 0.168. The molecule has 0 unspecified atom stereocenters. The fraction of sp³-hybridized carbons (Fsp3) is 0.0426. The first-order valence-corrected chi connectivity index (χ1v) is 16.9. The van der Waals surface area contributed by atoms with E-state index < -0.39 is 0 Å². The zero-order chi connectivity index (χ0) is 32.9. The van der Waals surface area contributed by atoms with Crippen molar-refractivity contribution >= 4 is 49.9 Å². The number of hydrogen-bond donors (Lipinski definition) is 0. The average molecular weight is 627 g/mol. The van der Waals surface area contributed by atoms with Gasteiger partial charge in [-0.2, -0.15) is 0 Å². The van der Waals surface area contributed by atoms with Gasteiger partial charge in [-0.25, -0.2) is 0 Å². The van der Waals surface area contributed by atoms with Crippen LogP contribution in [0.3, 0.4) is 0 Å². The molecule has 1 aliphatic carbocycles. The van der Waals surface area contributed by atoms with Crippen molar-refractivity contribution in [2.75, 3.05) is 4.90 Å². The molecule has 0 heterocycles. The summed E-state index contributed by atoms with van der Waals surface area (Å²) in [7, 11) is 0. The van der Waals surface area contributed by atoms with Crippen molar-refractivity contribution in [2.45, 2.75) is 13.8 Å². The molecule has 0 amide bonds. The number of allylic oxidation sites excluding steroid dienone is 1. The summed E-state index contributed by atoms with van der Waals surface area (Å²) in [6.07, 6.45) is 3.80. The number of aliphatic imine (C=N–C) groups is 1. The van der Waals surface area contributed by atoms with Gasteiger partial charge < -0.3 is 4.90 Å². The minimum Gasteiger partial charge on any atom is -0.312 e. The highest BCUT2D eigenvalue weighted by Gasteiger charge is 2.31. The summed E-state index contributed by atoms with van der Waals surface area (Å²) >= 11 is 0. The maximum atomic E-state index is 4.56. The maximum Gasteiger partial charge on any atom is 0.0537 e. The zero-order valence-electron chi connectivity index (χ0n) is 27.6. The van der Waals surface area contributed by atoms with Crippen LogP contribution >= 0.6 is 0 Å². The van der Waals surface area contributed by atoms with Crippen molar-refractivity contribution < 1.29 is 0 Å². The van der Waals surface area contributed by atoms with Crippen LogP contribution in [0.5, 0.6) is 0 Å². The third-order valence-corrected chi connectivity index (χ3v) is 9.89. The van der Waals surface area contributed by atoms with Gasteiger partial charge in [0.15, 0.2) is 0 Å². The van der Waals surface area contributed by atoms with Crippen molar-refractivity contribution in [3.05, 3.63) is 170 Å².